The highest BCUT2D eigenvalue weighted by molar-refractivity contribution is 5.96. The number of primary amides is 1. The van der Waals surface area contributed by atoms with Gasteiger partial charge in [-0.3, -0.25) is 4.79 Å². The SMILES string of the molecule is NC(=O)c1ccc(N)c(-c2ccccc2N)c1. The lowest BCUT2D eigenvalue weighted by atomic mass is 9.99. The zero-order chi connectivity index (χ0) is 12.4. The Hall–Kier alpha value is -2.49. The molecular formula is C13H13N3O. The van der Waals surface area contributed by atoms with E-state index in [0.717, 1.165) is 11.1 Å². The summed E-state index contributed by atoms with van der Waals surface area (Å²) >= 11 is 0. The van der Waals surface area contributed by atoms with Crippen molar-refractivity contribution in [1.29, 1.82) is 0 Å². The molecule has 6 N–H and O–H groups in total. The summed E-state index contributed by atoms with van der Waals surface area (Å²) in [5, 5.41) is 0. The number of nitrogens with two attached hydrogens (primary N) is 3. The van der Waals surface area contributed by atoms with Gasteiger partial charge in [-0.25, -0.2) is 0 Å². The van der Waals surface area contributed by atoms with Crippen LogP contribution in [0.1, 0.15) is 10.4 Å². The lowest BCUT2D eigenvalue weighted by Gasteiger charge is -2.09. The number of amides is 1. The van der Waals surface area contributed by atoms with Gasteiger partial charge in [0.25, 0.3) is 0 Å². The van der Waals surface area contributed by atoms with Crippen molar-refractivity contribution in [2.45, 2.75) is 0 Å². The highest BCUT2D eigenvalue weighted by Crippen LogP contribution is 2.31. The Kier molecular flexibility index (Phi) is 2.70. The van der Waals surface area contributed by atoms with Crippen LogP contribution in [0.5, 0.6) is 0 Å². The number of anilines is 2. The minimum atomic E-state index is -0.485. The molecule has 2 aromatic carbocycles. The molecule has 4 nitrogen and oxygen atoms in total. The highest BCUT2D eigenvalue weighted by Gasteiger charge is 2.09. The van der Waals surface area contributed by atoms with E-state index in [1.807, 2.05) is 18.2 Å². The standard InChI is InChI=1S/C13H13N3O/c14-11-4-2-1-3-9(11)10-7-8(13(16)17)5-6-12(10)15/h1-7H,14-15H2,(H2,16,17). The second-order valence-corrected chi connectivity index (χ2v) is 3.75. The van der Waals surface area contributed by atoms with Gasteiger partial charge in [0, 0.05) is 28.1 Å². The third-order valence-corrected chi connectivity index (χ3v) is 2.59. The van der Waals surface area contributed by atoms with Crippen molar-refractivity contribution >= 4 is 17.3 Å². The summed E-state index contributed by atoms with van der Waals surface area (Å²) in [7, 11) is 0. The molecule has 2 aromatic rings. The summed E-state index contributed by atoms with van der Waals surface area (Å²) in [6.45, 7) is 0. The van der Waals surface area contributed by atoms with Crippen LogP contribution in [0.15, 0.2) is 42.5 Å². The molecule has 0 saturated heterocycles. The van der Waals surface area contributed by atoms with Crippen molar-refractivity contribution in [1.82, 2.24) is 0 Å². The Labute approximate surface area is 99.0 Å². The molecule has 0 aromatic heterocycles. The summed E-state index contributed by atoms with van der Waals surface area (Å²) in [6, 6.07) is 12.2. The second kappa shape index (κ2) is 4.17. The monoisotopic (exact) mass is 227 g/mol. The Morgan fingerprint density at radius 2 is 1.53 bits per heavy atom. The predicted octanol–water partition coefficient (Wildman–Crippen LogP) is 1.62. The van der Waals surface area contributed by atoms with Crippen molar-refractivity contribution in [2.24, 2.45) is 5.73 Å². The zero-order valence-electron chi connectivity index (χ0n) is 9.18. The van der Waals surface area contributed by atoms with Crippen LogP contribution >= 0.6 is 0 Å². The Balaban J connectivity index is 2.63. The molecule has 86 valence electrons. The molecule has 0 radical (unpaired) electrons. The molecule has 0 spiro atoms. The van der Waals surface area contributed by atoms with Crippen LogP contribution in [0.25, 0.3) is 11.1 Å². The molecule has 0 aliphatic carbocycles. The van der Waals surface area contributed by atoms with Gasteiger partial charge in [0.05, 0.1) is 0 Å². The highest BCUT2D eigenvalue weighted by atomic mass is 16.1. The van der Waals surface area contributed by atoms with Crippen molar-refractivity contribution in [3.05, 3.63) is 48.0 Å². The largest absolute Gasteiger partial charge is 0.398 e. The molecule has 17 heavy (non-hydrogen) atoms. The summed E-state index contributed by atoms with van der Waals surface area (Å²) in [5.74, 6) is -0.485. The summed E-state index contributed by atoms with van der Waals surface area (Å²) in [4.78, 5) is 11.1. The van der Waals surface area contributed by atoms with Gasteiger partial charge in [-0.1, -0.05) is 18.2 Å². The normalized spacial score (nSPS) is 10.1. The van der Waals surface area contributed by atoms with Crippen LogP contribution in [-0.4, -0.2) is 5.91 Å². The molecule has 0 aliphatic rings. The molecule has 0 atom stereocenters. The fourth-order valence-electron chi connectivity index (χ4n) is 1.69. The summed E-state index contributed by atoms with van der Waals surface area (Å²) in [6.07, 6.45) is 0. The van der Waals surface area contributed by atoms with Crippen molar-refractivity contribution in [2.75, 3.05) is 11.5 Å². The average Bonchev–Trinajstić information content (AvgIpc) is 2.30. The third kappa shape index (κ3) is 2.06. The Bertz CT molecular complexity index is 579. The van der Waals surface area contributed by atoms with Crippen LogP contribution in [0.4, 0.5) is 11.4 Å². The smallest absolute Gasteiger partial charge is 0.248 e. The molecule has 0 bridgehead atoms. The number of nitrogen functional groups attached to an aromatic ring is 2. The van der Waals surface area contributed by atoms with E-state index in [1.54, 1.807) is 24.3 Å². The lowest BCUT2D eigenvalue weighted by molar-refractivity contribution is 0.100. The van der Waals surface area contributed by atoms with E-state index >= 15 is 0 Å². The first-order valence-electron chi connectivity index (χ1n) is 5.14. The molecule has 0 fully saturated rings. The third-order valence-electron chi connectivity index (χ3n) is 2.59. The van der Waals surface area contributed by atoms with E-state index in [4.69, 9.17) is 17.2 Å². The fourth-order valence-corrected chi connectivity index (χ4v) is 1.69. The number of hydrogen-bond donors (Lipinski definition) is 3. The molecule has 4 heteroatoms. The number of carbonyl (C=O) groups is 1. The molecule has 0 unspecified atom stereocenters. The zero-order valence-corrected chi connectivity index (χ0v) is 9.18. The molecular weight excluding hydrogens is 214 g/mol. The van der Waals surface area contributed by atoms with Gasteiger partial charge in [-0.05, 0) is 24.3 Å². The van der Waals surface area contributed by atoms with Crippen molar-refractivity contribution in [3.63, 3.8) is 0 Å². The Morgan fingerprint density at radius 1 is 0.882 bits per heavy atom. The number of benzene rings is 2. The van der Waals surface area contributed by atoms with Crippen LogP contribution in [0, 0.1) is 0 Å². The molecule has 2 rings (SSSR count). The predicted molar refractivity (Wildman–Crippen MR) is 69.2 cm³/mol. The minimum absolute atomic E-state index is 0.414. The summed E-state index contributed by atoms with van der Waals surface area (Å²) < 4.78 is 0. The summed E-state index contributed by atoms with van der Waals surface area (Å²) in [5.41, 5.74) is 20.1. The first-order chi connectivity index (χ1) is 8.09. The topological polar surface area (TPSA) is 95.1 Å². The van der Waals surface area contributed by atoms with E-state index in [-0.39, 0.29) is 0 Å². The van der Waals surface area contributed by atoms with Gasteiger partial charge in [0.2, 0.25) is 5.91 Å². The minimum Gasteiger partial charge on any atom is -0.398 e. The first kappa shape index (κ1) is 11.0. The van der Waals surface area contributed by atoms with Crippen molar-refractivity contribution < 1.29 is 4.79 Å². The van der Waals surface area contributed by atoms with Crippen LogP contribution < -0.4 is 17.2 Å². The average molecular weight is 227 g/mol. The van der Waals surface area contributed by atoms with Crippen molar-refractivity contribution in [3.8, 4) is 11.1 Å². The lowest BCUT2D eigenvalue weighted by Crippen LogP contribution is -2.11. The van der Waals surface area contributed by atoms with E-state index in [2.05, 4.69) is 0 Å². The fraction of sp³-hybridized carbons (Fsp3) is 0. The van der Waals surface area contributed by atoms with Crippen LogP contribution in [0.3, 0.4) is 0 Å². The van der Waals surface area contributed by atoms with Gasteiger partial charge in [0.1, 0.15) is 0 Å². The van der Waals surface area contributed by atoms with E-state index in [0.29, 0.717) is 16.9 Å². The molecule has 0 saturated carbocycles. The van der Waals surface area contributed by atoms with E-state index in [9.17, 15) is 4.79 Å². The maximum Gasteiger partial charge on any atom is 0.248 e. The van der Waals surface area contributed by atoms with Gasteiger partial charge in [0.15, 0.2) is 0 Å². The quantitative estimate of drug-likeness (QED) is 0.680. The number of rotatable bonds is 2. The maximum absolute atomic E-state index is 11.1. The molecule has 1 amide bonds. The number of hydrogen-bond acceptors (Lipinski definition) is 3. The number of para-hydroxylation sites is 1. The van der Waals surface area contributed by atoms with Gasteiger partial charge >= 0.3 is 0 Å². The Morgan fingerprint density at radius 3 is 2.18 bits per heavy atom. The van der Waals surface area contributed by atoms with E-state index in [1.165, 1.54) is 0 Å². The van der Waals surface area contributed by atoms with Gasteiger partial charge < -0.3 is 17.2 Å². The van der Waals surface area contributed by atoms with E-state index < -0.39 is 5.91 Å². The van der Waals surface area contributed by atoms with Gasteiger partial charge in [-0.2, -0.15) is 0 Å². The van der Waals surface area contributed by atoms with Gasteiger partial charge in [-0.15, -0.1) is 0 Å². The first-order valence-corrected chi connectivity index (χ1v) is 5.14. The number of carbonyl (C=O) groups excluding carboxylic acids is 1. The van der Waals surface area contributed by atoms with Crippen LogP contribution in [0.2, 0.25) is 0 Å². The second-order valence-electron chi connectivity index (χ2n) is 3.75. The molecule has 0 heterocycles. The van der Waals surface area contributed by atoms with Crippen LogP contribution in [-0.2, 0) is 0 Å². The maximum atomic E-state index is 11.1. The molecule has 0 aliphatic heterocycles.